The molecule has 1 heterocycles. The molecule has 1 aliphatic rings. The summed E-state index contributed by atoms with van der Waals surface area (Å²) in [7, 11) is 0. The molecule has 7 heteroatoms. The summed E-state index contributed by atoms with van der Waals surface area (Å²) in [6, 6.07) is 15.1. The van der Waals surface area contributed by atoms with Crippen LogP contribution >= 0.6 is 0 Å². The Kier molecular flexibility index (Phi) is 6.97. The molecular formula is C21H24FN3O3. The van der Waals surface area contributed by atoms with E-state index in [0.29, 0.717) is 44.0 Å². The molecule has 0 bridgehead atoms. The molecule has 0 aromatic heterocycles. The molecule has 0 atom stereocenters. The maximum atomic E-state index is 13.1. The Hall–Kier alpha value is -2.93. The van der Waals surface area contributed by atoms with Crippen molar-refractivity contribution in [3.8, 4) is 5.75 Å². The number of benzene rings is 2. The summed E-state index contributed by atoms with van der Waals surface area (Å²) in [5.74, 6) is 0.0183. The predicted octanol–water partition coefficient (Wildman–Crippen LogP) is 1.78. The van der Waals surface area contributed by atoms with Crippen molar-refractivity contribution in [2.24, 2.45) is 0 Å². The summed E-state index contributed by atoms with van der Waals surface area (Å²) >= 11 is 0. The van der Waals surface area contributed by atoms with Gasteiger partial charge in [0.25, 0.3) is 5.91 Å². The smallest absolute Gasteiger partial charge is 0.253 e. The van der Waals surface area contributed by atoms with Gasteiger partial charge in [-0.15, -0.1) is 0 Å². The number of piperazine rings is 1. The standard InChI is InChI=1S/C21H24FN3O3/c22-18-7-4-8-19(15-18)28-14-9-23-20(26)16-24-10-12-25(13-11-24)21(27)17-5-2-1-3-6-17/h1-8,15H,9-14,16H2,(H,23,26). The Bertz CT molecular complexity index is 792. The highest BCUT2D eigenvalue weighted by atomic mass is 19.1. The van der Waals surface area contributed by atoms with E-state index in [9.17, 15) is 14.0 Å². The summed E-state index contributed by atoms with van der Waals surface area (Å²) in [4.78, 5) is 28.3. The fraction of sp³-hybridized carbons (Fsp3) is 0.333. The van der Waals surface area contributed by atoms with Crippen molar-refractivity contribution in [1.29, 1.82) is 0 Å². The highest BCUT2D eigenvalue weighted by molar-refractivity contribution is 5.94. The van der Waals surface area contributed by atoms with Crippen molar-refractivity contribution < 1.29 is 18.7 Å². The van der Waals surface area contributed by atoms with Gasteiger partial charge in [-0.3, -0.25) is 14.5 Å². The molecule has 148 valence electrons. The van der Waals surface area contributed by atoms with Gasteiger partial charge in [-0.1, -0.05) is 24.3 Å². The van der Waals surface area contributed by atoms with E-state index in [-0.39, 0.29) is 30.8 Å². The van der Waals surface area contributed by atoms with E-state index >= 15 is 0 Å². The summed E-state index contributed by atoms with van der Waals surface area (Å²) in [6.07, 6.45) is 0. The van der Waals surface area contributed by atoms with Gasteiger partial charge in [-0.2, -0.15) is 0 Å². The van der Waals surface area contributed by atoms with Crippen molar-refractivity contribution in [2.45, 2.75) is 0 Å². The normalized spacial score (nSPS) is 14.5. The molecule has 0 unspecified atom stereocenters. The van der Waals surface area contributed by atoms with E-state index in [4.69, 9.17) is 4.74 Å². The van der Waals surface area contributed by atoms with Crippen LogP contribution in [0.25, 0.3) is 0 Å². The zero-order valence-electron chi connectivity index (χ0n) is 15.6. The molecule has 0 radical (unpaired) electrons. The number of nitrogens with zero attached hydrogens (tertiary/aromatic N) is 2. The van der Waals surface area contributed by atoms with E-state index in [1.165, 1.54) is 12.1 Å². The summed E-state index contributed by atoms with van der Waals surface area (Å²) in [5, 5.41) is 2.79. The molecule has 0 spiro atoms. The molecular weight excluding hydrogens is 361 g/mol. The lowest BCUT2D eigenvalue weighted by Gasteiger charge is -2.34. The van der Waals surface area contributed by atoms with Crippen LogP contribution in [0, 0.1) is 5.82 Å². The Morgan fingerprint density at radius 2 is 1.75 bits per heavy atom. The number of hydrogen-bond acceptors (Lipinski definition) is 4. The van der Waals surface area contributed by atoms with Crippen molar-refractivity contribution >= 4 is 11.8 Å². The number of halogens is 1. The first-order valence-electron chi connectivity index (χ1n) is 9.33. The Morgan fingerprint density at radius 3 is 2.46 bits per heavy atom. The van der Waals surface area contributed by atoms with Crippen molar-refractivity contribution in [3.05, 3.63) is 66.0 Å². The average molecular weight is 385 g/mol. The predicted molar refractivity (Wildman–Crippen MR) is 104 cm³/mol. The third-order valence-corrected chi connectivity index (χ3v) is 4.54. The van der Waals surface area contributed by atoms with Crippen LogP contribution < -0.4 is 10.1 Å². The van der Waals surface area contributed by atoms with Crippen molar-refractivity contribution in [1.82, 2.24) is 15.1 Å². The average Bonchev–Trinajstić information content (AvgIpc) is 2.72. The van der Waals surface area contributed by atoms with Gasteiger partial charge in [-0.05, 0) is 24.3 Å². The Morgan fingerprint density at radius 1 is 1.00 bits per heavy atom. The molecule has 1 N–H and O–H groups in total. The Balaban J connectivity index is 1.33. The lowest BCUT2D eigenvalue weighted by molar-refractivity contribution is -0.122. The van der Waals surface area contributed by atoms with Crippen LogP contribution in [0.1, 0.15) is 10.4 Å². The quantitative estimate of drug-likeness (QED) is 0.738. The molecule has 1 aliphatic heterocycles. The molecule has 1 saturated heterocycles. The highest BCUT2D eigenvalue weighted by Crippen LogP contribution is 2.11. The van der Waals surface area contributed by atoms with Crippen LogP contribution in [0.2, 0.25) is 0 Å². The monoisotopic (exact) mass is 385 g/mol. The van der Waals surface area contributed by atoms with E-state index in [1.807, 2.05) is 40.1 Å². The summed E-state index contributed by atoms with van der Waals surface area (Å²) in [6.45, 7) is 3.43. The highest BCUT2D eigenvalue weighted by Gasteiger charge is 2.23. The second-order valence-electron chi connectivity index (χ2n) is 6.59. The minimum Gasteiger partial charge on any atom is -0.492 e. The molecule has 0 saturated carbocycles. The minimum atomic E-state index is -0.355. The summed E-state index contributed by atoms with van der Waals surface area (Å²) < 4.78 is 18.5. The van der Waals surface area contributed by atoms with Gasteiger partial charge >= 0.3 is 0 Å². The number of amides is 2. The lowest BCUT2D eigenvalue weighted by atomic mass is 10.2. The molecule has 2 amide bonds. The van der Waals surface area contributed by atoms with Gasteiger partial charge < -0.3 is 15.0 Å². The molecule has 0 aliphatic carbocycles. The van der Waals surface area contributed by atoms with Crippen LogP contribution in [0.4, 0.5) is 4.39 Å². The number of hydrogen-bond donors (Lipinski definition) is 1. The second-order valence-corrected chi connectivity index (χ2v) is 6.59. The molecule has 2 aromatic carbocycles. The summed E-state index contributed by atoms with van der Waals surface area (Å²) in [5.41, 5.74) is 0.687. The van der Waals surface area contributed by atoms with Gasteiger partial charge in [0.15, 0.2) is 0 Å². The molecule has 3 rings (SSSR count). The molecule has 2 aromatic rings. The number of carbonyl (C=O) groups is 2. The van der Waals surface area contributed by atoms with Gasteiger partial charge in [0, 0.05) is 37.8 Å². The SMILES string of the molecule is O=C(CN1CCN(C(=O)c2ccccc2)CC1)NCCOc1cccc(F)c1. The van der Waals surface area contributed by atoms with Crippen molar-refractivity contribution in [3.63, 3.8) is 0 Å². The van der Waals surface area contributed by atoms with E-state index < -0.39 is 0 Å². The third-order valence-electron chi connectivity index (χ3n) is 4.54. The fourth-order valence-corrected chi connectivity index (χ4v) is 3.05. The Labute approximate surface area is 163 Å². The van der Waals surface area contributed by atoms with E-state index in [0.717, 1.165) is 0 Å². The van der Waals surface area contributed by atoms with E-state index in [2.05, 4.69) is 5.32 Å². The van der Waals surface area contributed by atoms with Crippen LogP contribution in [0.3, 0.4) is 0 Å². The largest absolute Gasteiger partial charge is 0.492 e. The van der Waals surface area contributed by atoms with Crippen LogP contribution in [-0.2, 0) is 4.79 Å². The zero-order chi connectivity index (χ0) is 19.8. The lowest BCUT2D eigenvalue weighted by Crippen LogP contribution is -2.51. The number of rotatable bonds is 7. The van der Waals surface area contributed by atoms with Crippen LogP contribution in [-0.4, -0.2) is 67.5 Å². The first kappa shape index (κ1) is 19.8. The first-order valence-corrected chi connectivity index (χ1v) is 9.33. The number of ether oxygens (including phenoxy) is 1. The first-order chi connectivity index (χ1) is 13.6. The second kappa shape index (κ2) is 9.85. The zero-order valence-corrected chi connectivity index (χ0v) is 15.6. The number of carbonyl (C=O) groups excluding carboxylic acids is 2. The van der Waals surface area contributed by atoms with Gasteiger partial charge in [0.2, 0.25) is 5.91 Å². The fourth-order valence-electron chi connectivity index (χ4n) is 3.05. The molecule has 1 fully saturated rings. The van der Waals surface area contributed by atoms with Gasteiger partial charge in [0.05, 0.1) is 13.1 Å². The number of nitrogens with one attached hydrogen (secondary N) is 1. The maximum Gasteiger partial charge on any atom is 0.253 e. The molecule has 28 heavy (non-hydrogen) atoms. The van der Waals surface area contributed by atoms with Gasteiger partial charge in [-0.25, -0.2) is 4.39 Å². The molecule has 6 nitrogen and oxygen atoms in total. The van der Waals surface area contributed by atoms with E-state index in [1.54, 1.807) is 12.1 Å². The maximum absolute atomic E-state index is 13.1. The third kappa shape index (κ3) is 5.79. The topological polar surface area (TPSA) is 61.9 Å². The van der Waals surface area contributed by atoms with Crippen LogP contribution in [0.5, 0.6) is 5.75 Å². The van der Waals surface area contributed by atoms with Crippen LogP contribution in [0.15, 0.2) is 54.6 Å². The van der Waals surface area contributed by atoms with Gasteiger partial charge in [0.1, 0.15) is 18.2 Å². The van der Waals surface area contributed by atoms with Crippen molar-refractivity contribution in [2.75, 3.05) is 45.9 Å². The minimum absolute atomic E-state index is 0.0270.